The predicted molar refractivity (Wildman–Crippen MR) is 148 cm³/mol. The first-order chi connectivity index (χ1) is 17.7. The Hall–Kier alpha value is -1.78. The SMILES string of the molecule is O=C(O)CCSC(SCCC(=O)O)c1ccccc1CCCCCCCSc1cccc(C(F)(F)F)c1. The number of aliphatic carboxylic acids is 2. The molecule has 0 aliphatic carbocycles. The third kappa shape index (κ3) is 13.0. The summed E-state index contributed by atoms with van der Waals surface area (Å²) in [6.45, 7) is 0. The molecule has 2 aromatic carbocycles. The van der Waals surface area contributed by atoms with Crippen LogP contribution in [-0.2, 0) is 22.2 Å². The van der Waals surface area contributed by atoms with Crippen LogP contribution in [0.2, 0.25) is 0 Å². The zero-order valence-corrected chi connectivity index (χ0v) is 23.0. The van der Waals surface area contributed by atoms with E-state index in [0.29, 0.717) is 16.4 Å². The van der Waals surface area contributed by atoms with Crippen molar-refractivity contribution >= 4 is 47.2 Å². The second kappa shape index (κ2) is 16.9. The van der Waals surface area contributed by atoms with E-state index in [2.05, 4.69) is 6.07 Å². The zero-order valence-electron chi connectivity index (χ0n) is 20.5. The largest absolute Gasteiger partial charge is 0.481 e. The summed E-state index contributed by atoms with van der Waals surface area (Å²) in [6.07, 6.45) is 1.77. The second-order valence-corrected chi connectivity index (χ2v) is 12.3. The lowest BCUT2D eigenvalue weighted by Crippen LogP contribution is -2.04. The Morgan fingerprint density at radius 1 is 0.784 bits per heavy atom. The molecule has 0 saturated heterocycles. The number of alkyl halides is 3. The van der Waals surface area contributed by atoms with Crippen molar-refractivity contribution in [2.45, 2.75) is 67.0 Å². The van der Waals surface area contributed by atoms with Crippen molar-refractivity contribution in [3.63, 3.8) is 0 Å². The number of hydrogen-bond acceptors (Lipinski definition) is 5. The predicted octanol–water partition coefficient (Wildman–Crippen LogP) is 8.41. The summed E-state index contributed by atoms with van der Waals surface area (Å²) in [5.74, 6) is 0.0267. The molecule has 0 saturated carbocycles. The van der Waals surface area contributed by atoms with E-state index < -0.39 is 23.7 Å². The monoisotopic (exact) mass is 574 g/mol. The highest BCUT2D eigenvalue weighted by Crippen LogP contribution is 2.42. The highest BCUT2D eigenvalue weighted by atomic mass is 32.2. The van der Waals surface area contributed by atoms with Gasteiger partial charge in [-0.3, -0.25) is 9.59 Å². The molecule has 2 aromatic rings. The molecule has 4 nitrogen and oxygen atoms in total. The summed E-state index contributed by atoms with van der Waals surface area (Å²) in [5, 5.41) is 18.0. The van der Waals surface area contributed by atoms with Gasteiger partial charge in [0, 0.05) is 16.4 Å². The first-order valence-electron chi connectivity index (χ1n) is 12.2. The number of aryl methyl sites for hydroxylation is 1. The van der Waals surface area contributed by atoms with Gasteiger partial charge in [0.1, 0.15) is 0 Å². The standard InChI is InChI=1S/C27H33F3O4S3/c28-27(29,30)21-11-8-12-22(19-21)35-16-7-3-1-2-4-9-20-10-5-6-13-23(20)26(36-17-14-24(31)32)37-18-15-25(33)34/h5-6,8,10-13,19,26H,1-4,7,9,14-18H2,(H,31,32)(H,33,34). The normalized spacial score (nSPS) is 11.7. The quantitative estimate of drug-likeness (QED) is 0.105. The van der Waals surface area contributed by atoms with Crippen molar-refractivity contribution in [2.75, 3.05) is 17.3 Å². The highest BCUT2D eigenvalue weighted by molar-refractivity contribution is 8.16. The topological polar surface area (TPSA) is 74.6 Å². The smallest absolute Gasteiger partial charge is 0.416 e. The molecule has 0 radical (unpaired) electrons. The van der Waals surface area contributed by atoms with Gasteiger partial charge in [-0.2, -0.15) is 13.2 Å². The van der Waals surface area contributed by atoms with Crippen LogP contribution in [0.3, 0.4) is 0 Å². The van der Waals surface area contributed by atoms with Crippen molar-refractivity contribution in [3.05, 3.63) is 65.2 Å². The molecule has 0 bridgehead atoms. The molecule has 0 spiro atoms. The molecule has 0 aliphatic heterocycles. The average molecular weight is 575 g/mol. The number of carbonyl (C=O) groups is 2. The zero-order chi connectivity index (χ0) is 27.1. The number of benzene rings is 2. The van der Waals surface area contributed by atoms with Crippen molar-refractivity contribution < 1.29 is 33.0 Å². The molecule has 0 amide bonds. The van der Waals surface area contributed by atoms with Gasteiger partial charge in [-0.15, -0.1) is 35.3 Å². The Morgan fingerprint density at radius 2 is 1.41 bits per heavy atom. The van der Waals surface area contributed by atoms with Crippen molar-refractivity contribution in [2.24, 2.45) is 0 Å². The molecule has 0 unspecified atom stereocenters. The third-order valence-corrected chi connectivity index (χ3v) is 9.39. The lowest BCUT2D eigenvalue weighted by molar-refractivity contribution is -0.138. The highest BCUT2D eigenvalue weighted by Gasteiger charge is 2.30. The van der Waals surface area contributed by atoms with Crippen LogP contribution in [0, 0.1) is 0 Å². The van der Waals surface area contributed by atoms with Crippen LogP contribution < -0.4 is 0 Å². The summed E-state index contributed by atoms with van der Waals surface area (Å²) in [6, 6.07) is 13.5. The molecule has 0 fully saturated rings. The van der Waals surface area contributed by atoms with E-state index in [1.165, 1.54) is 29.5 Å². The van der Waals surface area contributed by atoms with Crippen LogP contribution in [-0.4, -0.2) is 39.4 Å². The second-order valence-electron chi connectivity index (χ2n) is 8.45. The molecule has 0 heterocycles. The summed E-state index contributed by atoms with van der Waals surface area (Å²) in [7, 11) is 0. The van der Waals surface area contributed by atoms with E-state index in [9.17, 15) is 22.8 Å². The lowest BCUT2D eigenvalue weighted by atomic mass is 10.0. The maximum absolute atomic E-state index is 12.8. The maximum atomic E-state index is 12.8. The van der Waals surface area contributed by atoms with Crippen LogP contribution in [0.15, 0.2) is 53.4 Å². The maximum Gasteiger partial charge on any atom is 0.416 e. The Labute approximate surface area is 229 Å². The fourth-order valence-corrected chi connectivity index (χ4v) is 7.39. The number of thioether (sulfide) groups is 3. The molecular formula is C27H33F3O4S3. The van der Waals surface area contributed by atoms with E-state index in [1.807, 2.05) is 18.2 Å². The molecule has 10 heteroatoms. The van der Waals surface area contributed by atoms with Gasteiger partial charge in [-0.05, 0) is 54.3 Å². The van der Waals surface area contributed by atoms with Crippen LogP contribution in [0.5, 0.6) is 0 Å². The molecule has 204 valence electrons. The Kier molecular flexibility index (Phi) is 14.4. The fourth-order valence-electron chi connectivity index (χ4n) is 3.63. The minimum absolute atomic E-state index is 0.0113. The Balaban J connectivity index is 1.76. The van der Waals surface area contributed by atoms with E-state index in [1.54, 1.807) is 29.6 Å². The number of carboxylic acids is 2. The van der Waals surface area contributed by atoms with Gasteiger partial charge in [-0.1, -0.05) is 49.6 Å². The van der Waals surface area contributed by atoms with Crippen LogP contribution in [0.1, 0.15) is 66.2 Å². The van der Waals surface area contributed by atoms with Gasteiger partial charge in [0.15, 0.2) is 0 Å². The number of halogens is 3. The number of unbranched alkanes of at least 4 members (excludes halogenated alkanes) is 4. The number of carboxylic acid groups (broad SMARTS) is 2. The van der Waals surface area contributed by atoms with Gasteiger partial charge >= 0.3 is 18.1 Å². The molecule has 37 heavy (non-hydrogen) atoms. The Bertz CT molecular complexity index is 965. The van der Waals surface area contributed by atoms with Crippen molar-refractivity contribution in [1.82, 2.24) is 0 Å². The van der Waals surface area contributed by atoms with Gasteiger partial charge < -0.3 is 10.2 Å². The van der Waals surface area contributed by atoms with Crippen LogP contribution in [0.25, 0.3) is 0 Å². The molecule has 0 aliphatic rings. The number of rotatable bonds is 18. The van der Waals surface area contributed by atoms with E-state index in [4.69, 9.17) is 10.2 Å². The summed E-state index contributed by atoms with van der Waals surface area (Å²) in [5.41, 5.74) is 1.73. The summed E-state index contributed by atoms with van der Waals surface area (Å²) >= 11 is 4.55. The number of hydrogen-bond donors (Lipinski definition) is 2. The summed E-state index contributed by atoms with van der Waals surface area (Å²) in [4.78, 5) is 22.5. The van der Waals surface area contributed by atoms with Gasteiger partial charge in [0.05, 0.1) is 23.0 Å². The first-order valence-corrected chi connectivity index (χ1v) is 15.3. The lowest BCUT2D eigenvalue weighted by Gasteiger charge is -2.20. The molecule has 0 aromatic heterocycles. The fraction of sp³-hybridized carbons (Fsp3) is 0.481. The van der Waals surface area contributed by atoms with Gasteiger partial charge in [-0.25, -0.2) is 0 Å². The molecule has 2 N–H and O–H groups in total. The molecular weight excluding hydrogens is 541 g/mol. The average Bonchev–Trinajstić information content (AvgIpc) is 2.84. The Morgan fingerprint density at radius 3 is 2.05 bits per heavy atom. The van der Waals surface area contributed by atoms with E-state index >= 15 is 0 Å². The van der Waals surface area contributed by atoms with Gasteiger partial charge in [0.2, 0.25) is 0 Å². The van der Waals surface area contributed by atoms with Crippen molar-refractivity contribution in [1.29, 1.82) is 0 Å². The van der Waals surface area contributed by atoms with E-state index in [0.717, 1.165) is 55.9 Å². The third-order valence-electron chi connectivity index (χ3n) is 5.50. The van der Waals surface area contributed by atoms with Crippen molar-refractivity contribution in [3.8, 4) is 0 Å². The van der Waals surface area contributed by atoms with Crippen LogP contribution >= 0.6 is 35.3 Å². The minimum Gasteiger partial charge on any atom is -0.481 e. The van der Waals surface area contributed by atoms with E-state index in [-0.39, 0.29) is 17.4 Å². The minimum atomic E-state index is -4.32. The van der Waals surface area contributed by atoms with Crippen LogP contribution in [0.4, 0.5) is 13.2 Å². The first kappa shape index (κ1) is 31.4. The summed E-state index contributed by atoms with van der Waals surface area (Å²) < 4.78 is 38.5. The van der Waals surface area contributed by atoms with Gasteiger partial charge in [0.25, 0.3) is 0 Å². The molecule has 0 atom stereocenters. The molecule has 2 rings (SSSR count).